The molecular formula is C29H29FN4O5. The number of anilines is 2. The van der Waals surface area contributed by atoms with Gasteiger partial charge in [-0.05, 0) is 48.7 Å². The number of ether oxygens (including phenoxy) is 3. The summed E-state index contributed by atoms with van der Waals surface area (Å²) in [4.78, 5) is 30.9. The zero-order chi connectivity index (χ0) is 27.4. The first-order valence-corrected chi connectivity index (χ1v) is 12.6. The van der Waals surface area contributed by atoms with E-state index < -0.39 is 11.8 Å². The summed E-state index contributed by atoms with van der Waals surface area (Å²) in [7, 11) is 2.72. The van der Waals surface area contributed by atoms with Crippen LogP contribution < -0.4 is 15.4 Å². The molecule has 5 rings (SSSR count). The normalized spacial score (nSPS) is 14.8. The molecule has 0 spiro atoms. The van der Waals surface area contributed by atoms with Crippen LogP contribution >= 0.6 is 0 Å². The van der Waals surface area contributed by atoms with Crippen LogP contribution in [0.1, 0.15) is 39.3 Å². The summed E-state index contributed by atoms with van der Waals surface area (Å²) in [6.07, 6.45) is 3.35. The maximum atomic E-state index is 13.8. The van der Waals surface area contributed by atoms with Crippen LogP contribution in [0.4, 0.5) is 15.8 Å². The maximum absolute atomic E-state index is 13.8. The molecule has 4 aromatic rings. The molecule has 1 saturated heterocycles. The first-order valence-electron chi connectivity index (χ1n) is 12.6. The number of carbonyl (C=O) groups is 2. The van der Waals surface area contributed by atoms with Crippen LogP contribution in [0.5, 0.6) is 5.75 Å². The Hall–Kier alpha value is -4.44. The van der Waals surface area contributed by atoms with Gasteiger partial charge in [0.1, 0.15) is 5.65 Å². The van der Waals surface area contributed by atoms with Gasteiger partial charge >= 0.3 is 5.97 Å². The van der Waals surface area contributed by atoms with E-state index in [-0.39, 0.29) is 23.5 Å². The number of fused-ring (bicyclic) bond motifs is 1. The molecule has 0 bridgehead atoms. The van der Waals surface area contributed by atoms with E-state index in [9.17, 15) is 14.0 Å². The summed E-state index contributed by atoms with van der Waals surface area (Å²) in [5.41, 5.74) is 2.91. The molecule has 3 heterocycles. The van der Waals surface area contributed by atoms with Gasteiger partial charge in [0.2, 0.25) is 0 Å². The number of carbonyl (C=O) groups excluding carboxylic acids is 2. The predicted molar refractivity (Wildman–Crippen MR) is 145 cm³/mol. The van der Waals surface area contributed by atoms with Crippen molar-refractivity contribution in [1.82, 2.24) is 9.55 Å². The van der Waals surface area contributed by atoms with E-state index in [0.29, 0.717) is 47.7 Å². The van der Waals surface area contributed by atoms with E-state index in [1.54, 1.807) is 47.2 Å². The third-order valence-corrected chi connectivity index (χ3v) is 6.67. The topological polar surface area (TPSA) is 104 Å². The van der Waals surface area contributed by atoms with Crippen LogP contribution in [0.15, 0.2) is 60.8 Å². The molecule has 0 aliphatic carbocycles. The second kappa shape index (κ2) is 11.5. The minimum Gasteiger partial charge on any atom is -0.494 e. The lowest BCUT2D eigenvalue weighted by Crippen LogP contribution is -2.21. The molecule has 0 saturated carbocycles. The number of benzene rings is 2. The molecule has 9 nitrogen and oxygen atoms in total. The van der Waals surface area contributed by atoms with Gasteiger partial charge in [-0.25, -0.2) is 14.2 Å². The number of rotatable bonds is 9. The predicted octanol–water partition coefficient (Wildman–Crippen LogP) is 5.01. The Balaban J connectivity index is 1.55. The van der Waals surface area contributed by atoms with Crippen LogP contribution in [0, 0.1) is 5.82 Å². The molecule has 1 amide bonds. The molecular weight excluding hydrogens is 503 g/mol. The fourth-order valence-corrected chi connectivity index (χ4v) is 4.72. The molecule has 1 aliphatic rings. The molecule has 10 heteroatoms. The van der Waals surface area contributed by atoms with E-state index in [1.165, 1.54) is 20.3 Å². The van der Waals surface area contributed by atoms with Gasteiger partial charge in [-0.2, -0.15) is 0 Å². The zero-order valence-electron chi connectivity index (χ0n) is 21.7. The van der Waals surface area contributed by atoms with Crippen molar-refractivity contribution < 1.29 is 28.2 Å². The summed E-state index contributed by atoms with van der Waals surface area (Å²) in [6.45, 7) is 1.41. The quantitative estimate of drug-likeness (QED) is 0.292. The van der Waals surface area contributed by atoms with Crippen LogP contribution in [0.2, 0.25) is 0 Å². The average Bonchev–Trinajstić information content (AvgIpc) is 3.59. The molecule has 202 valence electrons. The number of hydrogen-bond acceptors (Lipinski definition) is 7. The van der Waals surface area contributed by atoms with Gasteiger partial charge in [0.05, 0.1) is 44.4 Å². The third-order valence-electron chi connectivity index (χ3n) is 6.67. The van der Waals surface area contributed by atoms with Gasteiger partial charge in [-0.3, -0.25) is 4.79 Å². The van der Waals surface area contributed by atoms with E-state index in [2.05, 4.69) is 15.6 Å². The molecule has 39 heavy (non-hydrogen) atoms. The Kier molecular flexibility index (Phi) is 7.74. The third kappa shape index (κ3) is 5.56. The number of nitrogens with zero attached hydrogens (tertiary/aromatic N) is 2. The second-order valence-electron chi connectivity index (χ2n) is 9.20. The fourth-order valence-electron chi connectivity index (χ4n) is 4.72. The summed E-state index contributed by atoms with van der Waals surface area (Å²) >= 11 is 0. The van der Waals surface area contributed by atoms with E-state index in [0.717, 1.165) is 18.4 Å². The minimum atomic E-state index is -0.595. The summed E-state index contributed by atoms with van der Waals surface area (Å²) < 4.78 is 31.6. The van der Waals surface area contributed by atoms with Crippen molar-refractivity contribution in [3.63, 3.8) is 0 Å². The van der Waals surface area contributed by atoms with Crippen LogP contribution in [-0.4, -0.2) is 48.4 Å². The van der Waals surface area contributed by atoms with Crippen molar-refractivity contribution in [3.8, 4) is 5.75 Å². The SMILES string of the molecule is COC(=O)c1c(NC(=O)c2ccccc2)c2cc(NCc3ccc(F)c(OC)c3)cnc2n1C[C@H]1CCCO1. The van der Waals surface area contributed by atoms with Crippen molar-refractivity contribution in [1.29, 1.82) is 0 Å². The van der Waals surface area contributed by atoms with Crippen molar-refractivity contribution in [3.05, 3.63) is 83.4 Å². The van der Waals surface area contributed by atoms with Gasteiger partial charge in [0.15, 0.2) is 17.3 Å². The van der Waals surface area contributed by atoms with E-state index in [1.807, 2.05) is 12.1 Å². The number of aromatic nitrogens is 2. The fraction of sp³-hybridized carbons (Fsp3) is 0.276. The lowest BCUT2D eigenvalue weighted by molar-refractivity contribution is 0.0580. The minimum absolute atomic E-state index is 0.0882. The number of esters is 1. The van der Waals surface area contributed by atoms with Crippen molar-refractivity contribution >= 4 is 34.3 Å². The van der Waals surface area contributed by atoms with Crippen LogP contribution in [0.3, 0.4) is 0 Å². The number of pyridine rings is 1. The number of nitrogens with one attached hydrogen (secondary N) is 2. The van der Waals surface area contributed by atoms with Gasteiger partial charge in [-0.1, -0.05) is 24.3 Å². The van der Waals surface area contributed by atoms with Crippen molar-refractivity contribution in [2.45, 2.75) is 32.0 Å². The number of hydrogen-bond donors (Lipinski definition) is 2. The second-order valence-corrected chi connectivity index (χ2v) is 9.20. The Labute approximate surface area is 224 Å². The van der Waals surface area contributed by atoms with Crippen molar-refractivity contribution in [2.24, 2.45) is 0 Å². The average molecular weight is 533 g/mol. The molecule has 2 aromatic heterocycles. The number of halogens is 1. The lowest BCUT2D eigenvalue weighted by atomic mass is 10.2. The standard InChI is InChI=1S/C29H29FN4O5/c1-37-24-13-18(10-11-23(24)30)15-31-20-14-22-25(33-28(35)19-7-4-3-5-8-19)26(29(36)38-2)34(27(22)32-16-20)17-21-9-6-12-39-21/h3-5,7-8,10-11,13-14,16,21,31H,6,9,12,15,17H2,1-2H3,(H,33,35)/t21-/m1/s1. The highest BCUT2D eigenvalue weighted by molar-refractivity contribution is 6.14. The largest absolute Gasteiger partial charge is 0.494 e. The Morgan fingerprint density at radius 3 is 2.69 bits per heavy atom. The molecule has 1 fully saturated rings. The maximum Gasteiger partial charge on any atom is 0.356 e. The first-order chi connectivity index (χ1) is 19.0. The Morgan fingerprint density at radius 1 is 1.15 bits per heavy atom. The van der Waals surface area contributed by atoms with Crippen LogP contribution in [-0.2, 0) is 22.6 Å². The molecule has 0 radical (unpaired) electrons. The highest BCUT2D eigenvalue weighted by Crippen LogP contribution is 2.34. The van der Waals surface area contributed by atoms with Gasteiger partial charge in [0.25, 0.3) is 5.91 Å². The lowest BCUT2D eigenvalue weighted by Gasteiger charge is -2.14. The zero-order valence-corrected chi connectivity index (χ0v) is 21.7. The number of amides is 1. The van der Waals surface area contributed by atoms with Gasteiger partial charge in [-0.15, -0.1) is 0 Å². The molecule has 0 unspecified atom stereocenters. The highest BCUT2D eigenvalue weighted by atomic mass is 19.1. The highest BCUT2D eigenvalue weighted by Gasteiger charge is 2.29. The molecule has 2 N–H and O–H groups in total. The Bertz CT molecular complexity index is 1500. The monoisotopic (exact) mass is 532 g/mol. The Morgan fingerprint density at radius 2 is 1.97 bits per heavy atom. The van der Waals surface area contributed by atoms with E-state index >= 15 is 0 Å². The van der Waals surface area contributed by atoms with Crippen molar-refractivity contribution in [2.75, 3.05) is 31.5 Å². The van der Waals surface area contributed by atoms with Gasteiger partial charge in [0, 0.05) is 24.1 Å². The first kappa shape index (κ1) is 26.2. The van der Waals surface area contributed by atoms with Crippen LogP contribution in [0.25, 0.3) is 11.0 Å². The number of methoxy groups -OCH3 is 2. The summed E-state index contributed by atoms with van der Waals surface area (Å²) in [6, 6.07) is 15.2. The summed E-state index contributed by atoms with van der Waals surface area (Å²) in [5, 5.41) is 6.77. The van der Waals surface area contributed by atoms with Gasteiger partial charge < -0.3 is 29.4 Å². The molecule has 1 aliphatic heterocycles. The molecule has 2 aromatic carbocycles. The molecule has 1 atom stereocenters. The van der Waals surface area contributed by atoms with E-state index in [4.69, 9.17) is 14.2 Å². The summed E-state index contributed by atoms with van der Waals surface area (Å²) in [5.74, 6) is -1.25. The smallest absolute Gasteiger partial charge is 0.356 e.